The Kier molecular flexibility index (Phi) is 4.19. The second-order valence-corrected chi connectivity index (χ2v) is 6.43. The third-order valence-corrected chi connectivity index (χ3v) is 4.87. The van der Waals surface area contributed by atoms with Crippen molar-refractivity contribution in [3.05, 3.63) is 23.7 Å². The third kappa shape index (κ3) is 3.23. The molecule has 1 aromatic carbocycles. The maximum absolute atomic E-state index is 12.4. The van der Waals surface area contributed by atoms with Crippen LogP contribution in [0.1, 0.15) is 6.92 Å². The Balaban J connectivity index is 1.64. The molecule has 1 aliphatic heterocycles. The predicted molar refractivity (Wildman–Crippen MR) is 86.8 cm³/mol. The van der Waals surface area contributed by atoms with E-state index in [-0.39, 0.29) is 11.9 Å². The number of piperazine rings is 1. The smallest absolute Gasteiger partial charge is 0.241 e. The van der Waals surface area contributed by atoms with Gasteiger partial charge in [0.15, 0.2) is 0 Å². The Morgan fingerprint density at radius 2 is 2.10 bits per heavy atom. The summed E-state index contributed by atoms with van der Waals surface area (Å²) in [7, 11) is 2.12. The van der Waals surface area contributed by atoms with E-state index < -0.39 is 0 Å². The number of hydrogen-bond donors (Lipinski definition) is 1. The minimum Gasteiger partial charge on any atom is -0.325 e. The van der Waals surface area contributed by atoms with Gasteiger partial charge in [-0.3, -0.25) is 9.69 Å². The molecule has 1 fully saturated rings. The third-order valence-electron chi connectivity index (χ3n) is 4.06. The molecule has 21 heavy (non-hydrogen) atoms. The maximum atomic E-state index is 12.4. The van der Waals surface area contributed by atoms with Gasteiger partial charge in [0.1, 0.15) is 0 Å². The summed E-state index contributed by atoms with van der Waals surface area (Å²) in [6, 6.07) is 5.77. The van der Waals surface area contributed by atoms with Crippen LogP contribution in [-0.2, 0) is 4.79 Å². The minimum atomic E-state index is -0.107. The Morgan fingerprint density at radius 3 is 2.86 bits per heavy atom. The number of benzene rings is 1. The molecule has 0 radical (unpaired) electrons. The largest absolute Gasteiger partial charge is 0.325 e. The van der Waals surface area contributed by atoms with Crippen molar-refractivity contribution in [2.75, 3.05) is 38.5 Å². The molecule has 0 spiro atoms. The second-order valence-electron chi connectivity index (χ2n) is 5.54. The number of anilines is 1. The van der Waals surface area contributed by atoms with Crippen LogP contribution in [0.5, 0.6) is 0 Å². The standard InChI is InChI=1S/C15H20N4OS/c1-11(19-7-5-18(2)6-8-19)15(20)17-12-3-4-14-13(9-12)16-10-21-14/h3-4,9-11H,5-8H2,1-2H3,(H,17,20). The first kappa shape index (κ1) is 14.4. The molecule has 0 saturated carbocycles. The number of rotatable bonds is 3. The molecule has 1 unspecified atom stereocenters. The van der Waals surface area contributed by atoms with Crippen molar-refractivity contribution in [1.29, 1.82) is 0 Å². The van der Waals surface area contributed by atoms with Crippen LogP contribution in [0, 0.1) is 0 Å². The van der Waals surface area contributed by atoms with Gasteiger partial charge in [-0.1, -0.05) is 0 Å². The van der Waals surface area contributed by atoms with Crippen LogP contribution in [0.25, 0.3) is 10.2 Å². The molecular weight excluding hydrogens is 284 g/mol. The number of amides is 1. The van der Waals surface area contributed by atoms with Crippen molar-refractivity contribution < 1.29 is 4.79 Å². The number of thiazole rings is 1. The zero-order valence-corrected chi connectivity index (χ0v) is 13.2. The zero-order chi connectivity index (χ0) is 14.8. The van der Waals surface area contributed by atoms with Crippen LogP contribution >= 0.6 is 11.3 Å². The normalized spacial score (nSPS) is 18.8. The number of nitrogens with zero attached hydrogens (tertiary/aromatic N) is 3. The number of hydrogen-bond acceptors (Lipinski definition) is 5. The zero-order valence-electron chi connectivity index (χ0n) is 12.4. The summed E-state index contributed by atoms with van der Waals surface area (Å²) in [4.78, 5) is 21.2. The van der Waals surface area contributed by atoms with Crippen LogP contribution in [-0.4, -0.2) is 60.0 Å². The van der Waals surface area contributed by atoms with E-state index in [2.05, 4.69) is 27.1 Å². The van der Waals surface area contributed by atoms with Crippen molar-refractivity contribution in [2.45, 2.75) is 13.0 Å². The van der Waals surface area contributed by atoms with Gasteiger partial charge in [-0.2, -0.15) is 0 Å². The fourth-order valence-corrected chi connectivity index (χ4v) is 3.22. The summed E-state index contributed by atoms with van der Waals surface area (Å²) in [5.74, 6) is 0.0501. The van der Waals surface area contributed by atoms with E-state index in [0.29, 0.717) is 0 Å². The van der Waals surface area contributed by atoms with Gasteiger partial charge < -0.3 is 10.2 Å². The Bertz CT molecular complexity index is 633. The lowest BCUT2D eigenvalue weighted by Crippen LogP contribution is -2.51. The minimum absolute atomic E-state index is 0.0501. The number of aromatic nitrogens is 1. The van der Waals surface area contributed by atoms with Crippen molar-refractivity contribution in [3.63, 3.8) is 0 Å². The summed E-state index contributed by atoms with van der Waals surface area (Å²) in [5, 5.41) is 3.00. The first-order chi connectivity index (χ1) is 10.1. The summed E-state index contributed by atoms with van der Waals surface area (Å²) >= 11 is 1.61. The van der Waals surface area contributed by atoms with Crippen LogP contribution in [0.4, 0.5) is 5.69 Å². The van der Waals surface area contributed by atoms with Crippen LogP contribution in [0.2, 0.25) is 0 Å². The lowest BCUT2D eigenvalue weighted by molar-refractivity contribution is -0.121. The Hall–Kier alpha value is -1.50. The number of fused-ring (bicyclic) bond motifs is 1. The second kappa shape index (κ2) is 6.09. The van der Waals surface area contributed by atoms with E-state index in [9.17, 15) is 4.79 Å². The molecule has 2 aromatic rings. The summed E-state index contributed by atoms with van der Waals surface area (Å²) < 4.78 is 1.14. The molecule has 6 heteroatoms. The molecular formula is C15H20N4OS. The molecule has 1 N–H and O–H groups in total. The van der Waals surface area contributed by atoms with Gasteiger partial charge in [-0.25, -0.2) is 4.98 Å². The number of carbonyl (C=O) groups is 1. The van der Waals surface area contributed by atoms with E-state index >= 15 is 0 Å². The fourth-order valence-electron chi connectivity index (χ4n) is 2.56. The predicted octanol–water partition coefficient (Wildman–Crippen LogP) is 1.87. The molecule has 1 aliphatic rings. The molecule has 3 rings (SSSR count). The van der Waals surface area contributed by atoms with Crippen LogP contribution in [0.3, 0.4) is 0 Å². The van der Waals surface area contributed by atoms with E-state index in [4.69, 9.17) is 0 Å². The molecule has 1 aromatic heterocycles. The fraction of sp³-hybridized carbons (Fsp3) is 0.467. The van der Waals surface area contributed by atoms with Gasteiger partial charge in [0, 0.05) is 31.9 Å². The van der Waals surface area contributed by atoms with Crippen molar-refractivity contribution in [2.24, 2.45) is 0 Å². The summed E-state index contributed by atoms with van der Waals surface area (Å²) in [5.41, 5.74) is 3.58. The van der Waals surface area contributed by atoms with Gasteiger partial charge in [-0.05, 0) is 32.2 Å². The van der Waals surface area contributed by atoms with Gasteiger partial charge in [0.2, 0.25) is 5.91 Å². The van der Waals surface area contributed by atoms with E-state index in [0.717, 1.165) is 42.1 Å². The van der Waals surface area contributed by atoms with E-state index in [1.807, 2.05) is 30.6 Å². The topological polar surface area (TPSA) is 48.5 Å². The summed E-state index contributed by atoms with van der Waals surface area (Å²) in [6.07, 6.45) is 0. The highest BCUT2D eigenvalue weighted by atomic mass is 32.1. The van der Waals surface area contributed by atoms with Crippen LogP contribution in [0.15, 0.2) is 23.7 Å². The lowest BCUT2D eigenvalue weighted by Gasteiger charge is -2.35. The van der Waals surface area contributed by atoms with Gasteiger partial charge in [-0.15, -0.1) is 11.3 Å². The molecule has 1 amide bonds. The average molecular weight is 304 g/mol. The molecule has 1 atom stereocenters. The molecule has 5 nitrogen and oxygen atoms in total. The highest BCUT2D eigenvalue weighted by molar-refractivity contribution is 7.16. The lowest BCUT2D eigenvalue weighted by atomic mass is 10.2. The molecule has 1 saturated heterocycles. The molecule has 112 valence electrons. The first-order valence-corrected chi connectivity index (χ1v) is 8.08. The summed E-state index contributed by atoms with van der Waals surface area (Å²) in [6.45, 7) is 5.89. The molecule has 2 heterocycles. The van der Waals surface area contributed by atoms with Gasteiger partial charge in [0.05, 0.1) is 21.8 Å². The molecule has 0 aliphatic carbocycles. The first-order valence-electron chi connectivity index (χ1n) is 7.20. The van der Waals surface area contributed by atoms with Crippen molar-refractivity contribution in [3.8, 4) is 0 Å². The van der Waals surface area contributed by atoms with Crippen molar-refractivity contribution in [1.82, 2.24) is 14.8 Å². The number of nitrogens with one attached hydrogen (secondary N) is 1. The highest BCUT2D eigenvalue weighted by Gasteiger charge is 2.24. The van der Waals surface area contributed by atoms with Gasteiger partial charge >= 0.3 is 0 Å². The quantitative estimate of drug-likeness (QED) is 0.940. The number of likely N-dealkylation sites (N-methyl/N-ethyl adjacent to an activating group) is 1. The van der Waals surface area contributed by atoms with E-state index in [1.165, 1.54) is 0 Å². The maximum Gasteiger partial charge on any atom is 0.241 e. The Labute approximate surface area is 128 Å². The highest BCUT2D eigenvalue weighted by Crippen LogP contribution is 2.21. The Morgan fingerprint density at radius 1 is 1.33 bits per heavy atom. The van der Waals surface area contributed by atoms with Crippen molar-refractivity contribution >= 4 is 33.1 Å². The monoisotopic (exact) mass is 304 g/mol. The van der Waals surface area contributed by atoms with E-state index in [1.54, 1.807) is 11.3 Å². The SMILES string of the molecule is CC(C(=O)Nc1ccc2scnc2c1)N1CCN(C)CC1. The average Bonchev–Trinajstić information content (AvgIpc) is 2.95. The van der Waals surface area contributed by atoms with Crippen LogP contribution < -0.4 is 5.32 Å². The molecule has 0 bridgehead atoms. The number of carbonyl (C=O) groups excluding carboxylic acids is 1. The van der Waals surface area contributed by atoms with Gasteiger partial charge in [0.25, 0.3) is 0 Å².